The predicted molar refractivity (Wildman–Crippen MR) is 162 cm³/mol. The molecule has 1 aromatic heterocycles. The van der Waals surface area contributed by atoms with Gasteiger partial charge < -0.3 is 35.0 Å². The van der Waals surface area contributed by atoms with Gasteiger partial charge in [0.2, 0.25) is 0 Å². The monoisotopic (exact) mass is 594 g/mol. The Balaban J connectivity index is 1.43. The number of amides is 1. The van der Waals surface area contributed by atoms with E-state index in [0.29, 0.717) is 40.9 Å². The lowest BCUT2D eigenvalue weighted by Gasteiger charge is -2.34. The predicted octanol–water partition coefficient (Wildman–Crippen LogP) is 4.00. The molecule has 228 valence electrons. The summed E-state index contributed by atoms with van der Waals surface area (Å²) in [6.45, 7) is 4.37. The van der Waals surface area contributed by atoms with Gasteiger partial charge >= 0.3 is 0 Å². The van der Waals surface area contributed by atoms with E-state index in [1.54, 1.807) is 38.5 Å². The Morgan fingerprint density at radius 3 is 2.35 bits per heavy atom. The number of rotatable bonds is 11. The van der Waals surface area contributed by atoms with Gasteiger partial charge in [-0.3, -0.25) is 9.89 Å². The van der Waals surface area contributed by atoms with E-state index in [9.17, 15) is 18.7 Å². The molecule has 1 aliphatic rings. The van der Waals surface area contributed by atoms with Crippen molar-refractivity contribution in [3.05, 3.63) is 82.9 Å². The highest BCUT2D eigenvalue weighted by Crippen LogP contribution is 2.31. The van der Waals surface area contributed by atoms with Gasteiger partial charge in [-0.15, -0.1) is 0 Å². The molecule has 2 heterocycles. The molecule has 0 saturated carbocycles. The number of benzene rings is 3. The Morgan fingerprint density at radius 2 is 1.67 bits per heavy atom. The summed E-state index contributed by atoms with van der Waals surface area (Å²) in [5.41, 5.74) is 3.09. The number of aromatic nitrogens is 2. The number of aliphatic hydroxyl groups excluding tert-OH is 1. The zero-order valence-electron chi connectivity index (χ0n) is 24.4. The third-order valence-corrected chi connectivity index (χ3v) is 7.55. The van der Waals surface area contributed by atoms with E-state index in [-0.39, 0.29) is 17.4 Å². The number of fused-ring (bicyclic) bond motifs is 1. The quantitative estimate of drug-likeness (QED) is 0.206. The van der Waals surface area contributed by atoms with E-state index < -0.39 is 23.6 Å². The zero-order valence-corrected chi connectivity index (χ0v) is 24.4. The van der Waals surface area contributed by atoms with Gasteiger partial charge in [-0.1, -0.05) is 6.07 Å². The van der Waals surface area contributed by atoms with Gasteiger partial charge in [-0.05, 0) is 60.6 Å². The molecule has 0 radical (unpaired) electrons. The lowest BCUT2D eigenvalue weighted by Crippen LogP contribution is -2.44. The molecular weight excluding hydrogens is 558 g/mol. The van der Waals surface area contributed by atoms with Crippen LogP contribution in [0, 0.1) is 11.6 Å². The Morgan fingerprint density at radius 1 is 0.977 bits per heavy atom. The van der Waals surface area contributed by atoms with Gasteiger partial charge in [-0.2, -0.15) is 5.10 Å². The molecule has 1 aliphatic heterocycles. The minimum absolute atomic E-state index is 0.0729. The van der Waals surface area contributed by atoms with Crippen molar-refractivity contribution < 1.29 is 28.2 Å². The van der Waals surface area contributed by atoms with Gasteiger partial charge in [0.05, 0.1) is 30.3 Å². The molecule has 1 atom stereocenters. The summed E-state index contributed by atoms with van der Waals surface area (Å²) in [6.07, 6.45) is -1.29. The number of piperazine rings is 1. The van der Waals surface area contributed by atoms with Gasteiger partial charge in [0, 0.05) is 63.2 Å². The molecule has 1 amide bonds. The number of methoxy groups -OCH3 is 2. The molecule has 1 fully saturated rings. The maximum atomic E-state index is 13.8. The molecule has 4 aromatic rings. The van der Waals surface area contributed by atoms with E-state index in [1.807, 2.05) is 12.1 Å². The van der Waals surface area contributed by atoms with Gasteiger partial charge in [-0.25, -0.2) is 8.78 Å². The average Bonchev–Trinajstić information content (AvgIpc) is 3.38. The number of nitrogens with zero attached hydrogens (tertiary/aromatic N) is 3. The number of aliphatic hydroxyl groups is 1. The number of hydrogen-bond donors (Lipinski definition) is 4. The van der Waals surface area contributed by atoms with E-state index in [1.165, 1.54) is 0 Å². The van der Waals surface area contributed by atoms with Crippen LogP contribution in [0.4, 0.5) is 26.0 Å². The van der Waals surface area contributed by atoms with Crippen LogP contribution in [-0.4, -0.2) is 92.8 Å². The molecule has 12 heteroatoms. The fraction of sp³-hybridized carbons (Fsp3) is 0.355. The molecule has 5 rings (SSSR count). The largest absolute Gasteiger partial charge is 0.384 e. The van der Waals surface area contributed by atoms with E-state index in [4.69, 9.17) is 9.47 Å². The smallest absolute Gasteiger partial charge is 0.258 e. The van der Waals surface area contributed by atoms with Crippen molar-refractivity contribution in [3.63, 3.8) is 0 Å². The first-order valence-electron chi connectivity index (χ1n) is 14.0. The highest BCUT2D eigenvalue weighted by atomic mass is 19.1. The summed E-state index contributed by atoms with van der Waals surface area (Å²) in [6, 6.07) is 13.3. The summed E-state index contributed by atoms with van der Waals surface area (Å²) in [5, 5.41) is 24.8. The second kappa shape index (κ2) is 13.5. The molecule has 0 bridgehead atoms. The Labute approximate surface area is 248 Å². The second-order valence-corrected chi connectivity index (χ2v) is 10.7. The van der Waals surface area contributed by atoms with Crippen LogP contribution in [0.5, 0.6) is 0 Å². The number of nitrogens with one attached hydrogen (secondary N) is 3. The number of aromatic amines is 1. The van der Waals surface area contributed by atoms with E-state index in [0.717, 1.165) is 50.1 Å². The maximum Gasteiger partial charge on any atom is 0.258 e. The number of anilines is 3. The molecule has 3 aromatic carbocycles. The first-order chi connectivity index (χ1) is 20.7. The number of carbonyl (C=O) groups is 1. The number of likely N-dealkylation sites (N-methyl/N-ethyl adjacent to an activating group) is 1. The second-order valence-electron chi connectivity index (χ2n) is 10.7. The molecular formula is C31H36F2N6O4. The van der Waals surface area contributed by atoms with Crippen molar-refractivity contribution in [2.24, 2.45) is 0 Å². The van der Waals surface area contributed by atoms with Gasteiger partial charge in [0.1, 0.15) is 17.7 Å². The van der Waals surface area contributed by atoms with E-state index in [2.05, 4.69) is 37.7 Å². The number of halogens is 2. The van der Waals surface area contributed by atoms with Crippen LogP contribution in [0.1, 0.15) is 27.6 Å². The lowest BCUT2D eigenvalue weighted by molar-refractivity contribution is 0.102. The minimum Gasteiger partial charge on any atom is -0.384 e. The lowest BCUT2D eigenvalue weighted by atomic mass is 10.00. The van der Waals surface area contributed by atoms with Gasteiger partial charge in [0.25, 0.3) is 5.91 Å². The number of carbonyl (C=O) groups excluding carboxylic acids is 1. The number of H-pyrrole nitrogens is 1. The molecule has 0 spiro atoms. The summed E-state index contributed by atoms with van der Waals surface area (Å²) in [7, 11) is 5.32. The molecule has 4 N–H and O–H groups in total. The first-order valence-corrected chi connectivity index (χ1v) is 14.0. The maximum absolute atomic E-state index is 13.8. The standard InChI is InChI=1S/C31H36F2N6O4/c1-38-8-10-39(11-9-38)24-5-6-25(28(16-24)34-23(17-42-2)18-43-3)31(41)35-30-26-14-19(4-7-27(26)36-37-30)29(40)20-12-21(32)15-22(33)13-20/h4-7,12-16,23,29,34,40H,8-11,17-18H2,1-3H3,(H2,35,36,37,41). The van der Waals surface area contributed by atoms with E-state index >= 15 is 0 Å². The topological polar surface area (TPSA) is 115 Å². The molecule has 1 saturated heterocycles. The minimum atomic E-state index is -1.29. The van der Waals surface area contributed by atoms with Crippen molar-refractivity contribution in [2.75, 3.05) is 76.2 Å². The Kier molecular flexibility index (Phi) is 9.51. The highest BCUT2D eigenvalue weighted by Gasteiger charge is 2.22. The van der Waals surface area contributed by atoms with Crippen LogP contribution < -0.4 is 15.5 Å². The number of hydrogen-bond acceptors (Lipinski definition) is 8. The van der Waals surface area contributed by atoms with Crippen LogP contribution >= 0.6 is 0 Å². The van der Waals surface area contributed by atoms with Gasteiger partial charge in [0.15, 0.2) is 5.82 Å². The van der Waals surface area contributed by atoms with Crippen LogP contribution in [0.2, 0.25) is 0 Å². The average molecular weight is 595 g/mol. The van der Waals surface area contributed by atoms with Crippen molar-refractivity contribution in [3.8, 4) is 0 Å². The Bertz CT molecular complexity index is 1550. The SMILES string of the molecule is COCC(COC)Nc1cc(N2CCN(C)CC2)ccc1C(=O)Nc1n[nH]c2ccc(C(O)c3cc(F)cc(F)c3)cc12. The third-order valence-electron chi connectivity index (χ3n) is 7.55. The Hall–Kier alpha value is -4.10. The summed E-state index contributed by atoms with van der Waals surface area (Å²) >= 11 is 0. The fourth-order valence-corrected chi connectivity index (χ4v) is 5.26. The number of ether oxygens (including phenoxy) is 2. The van der Waals surface area contributed by atoms with Crippen molar-refractivity contribution in [1.29, 1.82) is 0 Å². The van der Waals surface area contributed by atoms with Crippen LogP contribution in [0.3, 0.4) is 0 Å². The fourth-order valence-electron chi connectivity index (χ4n) is 5.26. The zero-order chi connectivity index (χ0) is 30.5. The molecule has 10 nitrogen and oxygen atoms in total. The van der Waals surface area contributed by atoms with Crippen molar-refractivity contribution in [1.82, 2.24) is 15.1 Å². The van der Waals surface area contributed by atoms with Crippen LogP contribution in [0.25, 0.3) is 10.9 Å². The summed E-state index contributed by atoms with van der Waals surface area (Å²) < 4.78 is 38.3. The normalized spacial score (nSPS) is 14.8. The van der Waals surface area contributed by atoms with Crippen LogP contribution in [0.15, 0.2) is 54.6 Å². The summed E-state index contributed by atoms with van der Waals surface area (Å²) in [4.78, 5) is 18.3. The van der Waals surface area contributed by atoms with Crippen molar-refractivity contribution >= 4 is 34.0 Å². The molecule has 43 heavy (non-hydrogen) atoms. The summed E-state index contributed by atoms with van der Waals surface area (Å²) in [5.74, 6) is -1.72. The first kappa shape index (κ1) is 30.4. The molecule has 0 aliphatic carbocycles. The third kappa shape index (κ3) is 7.11. The highest BCUT2D eigenvalue weighted by molar-refractivity contribution is 6.11. The van der Waals surface area contributed by atoms with Crippen molar-refractivity contribution in [2.45, 2.75) is 12.1 Å². The molecule has 1 unspecified atom stereocenters. The van der Waals surface area contributed by atoms with Crippen LogP contribution in [-0.2, 0) is 9.47 Å².